The first-order chi connectivity index (χ1) is 12.1. The van der Waals surface area contributed by atoms with E-state index in [2.05, 4.69) is 5.32 Å². The first-order valence-electron chi connectivity index (χ1n) is 8.27. The van der Waals surface area contributed by atoms with Gasteiger partial charge in [0.1, 0.15) is 24.4 Å². The van der Waals surface area contributed by atoms with Crippen molar-refractivity contribution >= 4 is 17.4 Å². The topological polar surface area (TPSA) is 77.8 Å². The second kappa shape index (κ2) is 7.53. The molecule has 0 spiro atoms. The van der Waals surface area contributed by atoms with Crippen molar-refractivity contribution in [2.45, 2.75) is 26.2 Å². The molecule has 0 atom stereocenters. The number of hydrogen-bond donors (Lipinski definition) is 1. The Morgan fingerprint density at radius 2 is 2.12 bits per heavy atom. The molecule has 25 heavy (non-hydrogen) atoms. The summed E-state index contributed by atoms with van der Waals surface area (Å²) in [6, 6.07) is 5.51. The number of methoxy groups -OCH3 is 1. The van der Waals surface area contributed by atoms with Gasteiger partial charge < -0.3 is 19.2 Å². The number of hydrogen-bond acceptors (Lipinski definition) is 5. The van der Waals surface area contributed by atoms with Crippen molar-refractivity contribution in [2.75, 3.05) is 25.6 Å². The van der Waals surface area contributed by atoms with Gasteiger partial charge in [0, 0.05) is 20.0 Å². The number of carbonyl (C=O) groups is 2. The minimum Gasteiger partial charge on any atom is -0.489 e. The number of Topliss-reactive ketones (excluding diaryl/α,β-unsaturated/α-hetero) is 1. The molecule has 1 aromatic carbocycles. The van der Waals surface area contributed by atoms with Gasteiger partial charge in [-0.05, 0) is 31.0 Å². The first kappa shape index (κ1) is 17.2. The van der Waals surface area contributed by atoms with E-state index in [0.717, 1.165) is 12.0 Å². The zero-order chi connectivity index (χ0) is 17.8. The molecule has 1 heterocycles. The number of amides is 1. The highest BCUT2D eigenvalue weighted by Crippen LogP contribution is 2.29. The predicted octanol–water partition coefficient (Wildman–Crippen LogP) is 3.38. The van der Waals surface area contributed by atoms with E-state index in [1.165, 1.54) is 6.26 Å². The van der Waals surface area contributed by atoms with Crippen LogP contribution in [0.25, 0.3) is 0 Å². The van der Waals surface area contributed by atoms with E-state index >= 15 is 0 Å². The molecule has 1 aromatic heterocycles. The number of furan rings is 1. The number of rotatable bonds is 6. The fraction of sp³-hybridized carbons (Fsp3) is 0.368. The van der Waals surface area contributed by atoms with Crippen LogP contribution in [0.4, 0.5) is 5.69 Å². The molecule has 1 aliphatic carbocycles. The lowest BCUT2D eigenvalue weighted by molar-refractivity contribution is 0.0955. The number of ketones is 1. The maximum Gasteiger partial charge on any atom is 0.259 e. The number of aryl methyl sites for hydroxylation is 2. The molecule has 0 unspecified atom stereocenters. The minimum atomic E-state index is -0.374. The van der Waals surface area contributed by atoms with E-state index in [9.17, 15) is 9.59 Å². The monoisotopic (exact) mass is 343 g/mol. The third kappa shape index (κ3) is 3.74. The van der Waals surface area contributed by atoms with Gasteiger partial charge in [-0.3, -0.25) is 9.59 Å². The molecule has 6 nitrogen and oxygen atoms in total. The fourth-order valence-electron chi connectivity index (χ4n) is 2.87. The van der Waals surface area contributed by atoms with E-state index in [1.807, 2.05) is 19.1 Å². The van der Waals surface area contributed by atoms with E-state index < -0.39 is 0 Å². The zero-order valence-electron chi connectivity index (χ0n) is 14.4. The Balaban J connectivity index is 1.82. The van der Waals surface area contributed by atoms with E-state index in [1.54, 1.807) is 13.2 Å². The Labute approximate surface area is 146 Å². The summed E-state index contributed by atoms with van der Waals surface area (Å²) in [6.07, 6.45) is 3.26. The van der Waals surface area contributed by atoms with Gasteiger partial charge in [-0.25, -0.2) is 0 Å². The second-order valence-corrected chi connectivity index (χ2v) is 6.02. The lowest BCUT2D eigenvalue weighted by Crippen LogP contribution is -2.18. The molecule has 0 fully saturated rings. The molecule has 3 rings (SSSR count). The minimum absolute atomic E-state index is 0.0411. The van der Waals surface area contributed by atoms with Crippen molar-refractivity contribution in [1.82, 2.24) is 0 Å². The third-order valence-corrected chi connectivity index (χ3v) is 4.13. The van der Waals surface area contributed by atoms with Gasteiger partial charge in [-0.1, -0.05) is 6.07 Å². The summed E-state index contributed by atoms with van der Waals surface area (Å²) in [7, 11) is 1.60. The number of benzene rings is 1. The number of nitrogens with one attached hydrogen (secondary N) is 1. The van der Waals surface area contributed by atoms with Gasteiger partial charge in [-0.2, -0.15) is 0 Å². The molecule has 1 amide bonds. The van der Waals surface area contributed by atoms with Crippen molar-refractivity contribution in [3.05, 3.63) is 46.9 Å². The Bertz CT molecular complexity index is 793. The molecule has 0 bridgehead atoms. The molecule has 132 valence electrons. The van der Waals surface area contributed by atoms with Gasteiger partial charge in [0.25, 0.3) is 5.91 Å². The zero-order valence-corrected chi connectivity index (χ0v) is 14.4. The molecule has 1 N–H and O–H groups in total. The van der Waals surface area contributed by atoms with Crippen LogP contribution in [0.1, 0.15) is 44.9 Å². The Kier molecular flexibility index (Phi) is 5.19. The quantitative estimate of drug-likeness (QED) is 0.814. The summed E-state index contributed by atoms with van der Waals surface area (Å²) in [6.45, 7) is 2.77. The lowest BCUT2D eigenvalue weighted by atomic mass is 9.94. The van der Waals surface area contributed by atoms with Crippen LogP contribution in [0, 0.1) is 6.92 Å². The Morgan fingerprint density at radius 3 is 2.92 bits per heavy atom. The standard InChI is InChI=1S/C19H21NO5/c1-12-6-7-14(17(10-12)24-9-8-23-2)20-19(22)13-11-25-16-5-3-4-15(21)18(13)16/h6-7,10-11H,3-5,8-9H2,1-2H3,(H,20,22). The van der Waals surface area contributed by atoms with Crippen LogP contribution in [0.15, 0.2) is 28.9 Å². The van der Waals surface area contributed by atoms with Crippen LogP contribution in [0.2, 0.25) is 0 Å². The highest BCUT2D eigenvalue weighted by molar-refractivity contribution is 6.13. The van der Waals surface area contributed by atoms with Crippen LogP contribution < -0.4 is 10.1 Å². The van der Waals surface area contributed by atoms with Gasteiger partial charge in [0.05, 0.1) is 23.4 Å². The number of carbonyl (C=O) groups excluding carboxylic acids is 2. The smallest absolute Gasteiger partial charge is 0.259 e. The summed E-state index contributed by atoms with van der Waals surface area (Å²) in [5, 5.41) is 2.82. The van der Waals surface area contributed by atoms with Crippen molar-refractivity contribution < 1.29 is 23.5 Å². The molecule has 2 aromatic rings. The number of fused-ring (bicyclic) bond motifs is 1. The first-order valence-corrected chi connectivity index (χ1v) is 8.27. The molecule has 6 heteroatoms. The van der Waals surface area contributed by atoms with Crippen LogP contribution in [0.3, 0.4) is 0 Å². The maximum absolute atomic E-state index is 12.7. The van der Waals surface area contributed by atoms with Crippen LogP contribution in [-0.4, -0.2) is 32.0 Å². The van der Waals surface area contributed by atoms with Gasteiger partial charge >= 0.3 is 0 Å². The summed E-state index contributed by atoms with van der Waals surface area (Å²) in [5.74, 6) is 0.747. The predicted molar refractivity (Wildman–Crippen MR) is 92.5 cm³/mol. The van der Waals surface area contributed by atoms with E-state index in [0.29, 0.717) is 48.8 Å². The molecular weight excluding hydrogens is 322 g/mol. The average molecular weight is 343 g/mol. The molecule has 0 aliphatic heterocycles. The van der Waals surface area contributed by atoms with Crippen molar-refractivity contribution in [3.8, 4) is 5.75 Å². The molecule has 0 saturated heterocycles. The number of anilines is 1. The fourth-order valence-corrected chi connectivity index (χ4v) is 2.87. The summed E-state index contributed by atoms with van der Waals surface area (Å²) in [4.78, 5) is 24.8. The molecule has 0 radical (unpaired) electrons. The average Bonchev–Trinajstić information content (AvgIpc) is 3.03. The number of ether oxygens (including phenoxy) is 2. The molecule has 0 saturated carbocycles. The van der Waals surface area contributed by atoms with Crippen molar-refractivity contribution in [1.29, 1.82) is 0 Å². The van der Waals surface area contributed by atoms with Crippen molar-refractivity contribution in [2.24, 2.45) is 0 Å². The highest BCUT2D eigenvalue weighted by Gasteiger charge is 2.28. The lowest BCUT2D eigenvalue weighted by Gasteiger charge is -2.14. The van der Waals surface area contributed by atoms with Crippen LogP contribution in [0.5, 0.6) is 5.75 Å². The van der Waals surface area contributed by atoms with Crippen LogP contribution in [-0.2, 0) is 11.2 Å². The summed E-state index contributed by atoms with van der Waals surface area (Å²) < 4.78 is 16.1. The SMILES string of the molecule is COCCOc1cc(C)ccc1NC(=O)c1coc2c1C(=O)CCC2. The van der Waals surface area contributed by atoms with E-state index in [-0.39, 0.29) is 17.3 Å². The van der Waals surface area contributed by atoms with Gasteiger partial charge in [0.15, 0.2) is 5.78 Å². The highest BCUT2D eigenvalue weighted by atomic mass is 16.5. The third-order valence-electron chi connectivity index (χ3n) is 4.13. The van der Waals surface area contributed by atoms with Gasteiger partial charge in [0.2, 0.25) is 0 Å². The van der Waals surface area contributed by atoms with Gasteiger partial charge in [-0.15, -0.1) is 0 Å². The summed E-state index contributed by atoms with van der Waals surface area (Å²) in [5.41, 5.74) is 2.26. The Morgan fingerprint density at radius 1 is 1.28 bits per heavy atom. The Hall–Kier alpha value is -2.60. The van der Waals surface area contributed by atoms with Crippen LogP contribution >= 0.6 is 0 Å². The normalized spacial score (nSPS) is 13.4. The summed E-state index contributed by atoms with van der Waals surface area (Å²) >= 11 is 0. The molecule has 1 aliphatic rings. The largest absolute Gasteiger partial charge is 0.489 e. The van der Waals surface area contributed by atoms with Crippen molar-refractivity contribution in [3.63, 3.8) is 0 Å². The second-order valence-electron chi connectivity index (χ2n) is 6.02. The molecular formula is C19H21NO5. The maximum atomic E-state index is 12.7. The van der Waals surface area contributed by atoms with E-state index in [4.69, 9.17) is 13.9 Å².